The Morgan fingerprint density at radius 2 is 1.96 bits per heavy atom. The maximum Gasteiger partial charge on any atom is 0.262 e. The number of para-hydroxylation sites is 1. The molecule has 126 valence electrons. The molecule has 1 N–H and O–H groups in total. The van der Waals surface area contributed by atoms with Gasteiger partial charge in [0.25, 0.3) is 5.56 Å². The van der Waals surface area contributed by atoms with Crippen molar-refractivity contribution in [1.82, 2.24) is 24.5 Å². The number of carbonyl (C=O) groups excluding carboxylic acids is 1. The predicted octanol–water partition coefficient (Wildman–Crippen LogP) is 1.59. The number of hydrogen-bond donors (Lipinski definition) is 1. The zero-order valence-electron chi connectivity index (χ0n) is 14.0. The van der Waals surface area contributed by atoms with E-state index in [1.807, 2.05) is 43.4 Å². The van der Waals surface area contributed by atoms with Gasteiger partial charge in [-0.25, -0.2) is 0 Å². The van der Waals surface area contributed by atoms with Crippen LogP contribution in [0.3, 0.4) is 0 Å². The highest BCUT2D eigenvalue weighted by atomic mass is 32.2. The molecule has 0 saturated heterocycles. The van der Waals surface area contributed by atoms with Gasteiger partial charge >= 0.3 is 0 Å². The van der Waals surface area contributed by atoms with E-state index >= 15 is 0 Å². The van der Waals surface area contributed by atoms with Crippen LogP contribution in [0.4, 0.5) is 0 Å². The normalized spacial score (nSPS) is 12.0. The van der Waals surface area contributed by atoms with Crippen LogP contribution in [0.2, 0.25) is 0 Å². The van der Waals surface area contributed by atoms with Crippen LogP contribution in [0.1, 0.15) is 20.8 Å². The average molecular weight is 345 g/mol. The van der Waals surface area contributed by atoms with Crippen LogP contribution in [0, 0.1) is 0 Å². The van der Waals surface area contributed by atoms with Gasteiger partial charge in [-0.05, 0) is 32.9 Å². The molecule has 3 rings (SSSR count). The third kappa shape index (κ3) is 3.01. The summed E-state index contributed by atoms with van der Waals surface area (Å²) in [6, 6.07) is 7.32. The largest absolute Gasteiger partial charge is 0.351 e. The summed E-state index contributed by atoms with van der Waals surface area (Å²) >= 11 is 1.30. The number of carbonyl (C=O) groups is 1. The molecule has 0 unspecified atom stereocenters. The standard InChI is InChI=1S/C16H19N5O2S/c1-16(2,3)17-12(22)9-24-15-19-18-14-20(4)13(23)10-7-5-6-8-11(10)21(14)15/h5-8H,9H2,1-4H3,(H,17,22). The Morgan fingerprint density at radius 3 is 2.67 bits per heavy atom. The molecule has 2 aromatic heterocycles. The van der Waals surface area contributed by atoms with E-state index in [0.29, 0.717) is 16.3 Å². The Balaban J connectivity index is 2.02. The fourth-order valence-corrected chi connectivity index (χ4v) is 3.23. The highest BCUT2D eigenvalue weighted by molar-refractivity contribution is 7.99. The Kier molecular flexibility index (Phi) is 4.08. The molecule has 0 aliphatic carbocycles. The number of hydrogen-bond acceptors (Lipinski definition) is 5. The van der Waals surface area contributed by atoms with Crippen molar-refractivity contribution in [3.05, 3.63) is 34.6 Å². The van der Waals surface area contributed by atoms with Crippen LogP contribution in [-0.2, 0) is 11.8 Å². The molecule has 2 heterocycles. The quantitative estimate of drug-likeness (QED) is 0.729. The number of nitrogens with one attached hydrogen (secondary N) is 1. The monoisotopic (exact) mass is 345 g/mol. The summed E-state index contributed by atoms with van der Waals surface area (Å²) in [5.41, 5.74) is 0.341. The molecule has 0 spiro atoms. The summed E-state index contributed by atoms with van der Waals surface area (Å²) in [6.07, 6.45) is 0. The number of fused-ring (bicyclic) bond motifs is 3. The van der Waals surface area contributed by atoms with E-state index in [2.05, 4.69) is 15.5 Å². The van der Waals surface area contributed by atoms with Gasteiger partial charge < -0.3 is 5.32 Å². The molecule has 1 aromatic carbocycles. The van der Waals surface area contributed by atoms with Crippen LogP contribution in [0.5, 0.6) is 0 Å². The van der Waals surface area contributed by atoms with Crippen molar-refractivity contribution in [3.8, 4) is 0 Å². The first-order chi connectivity index (χ1) is 11.3. The minimum Gasteiger partial charge on any atom is -0.351 e. The number of aryl methyl sites for hydroxylation is 1. The van der Waals surface area contributed by atoms with Gasteiger partial charge in [-0.1, -0.05) is 23.9 Å². The number of benzene rings is 1. The molecule has 3 aromatic rings. The molecule has 0 fully saturated rings. The van der Waals surface area contributed by atoms with Crippen molar-refractivity contribution in [2.75, 3.05) is 5.75 Å². The highest BCUT2D eigenvalue weighted by Gasteiger charge is 2.18. The van der Waals surface area contributed by atoms with Gasteiger partial charge in [-0.2, -0.15) is 0 Å². The Labute approximate surface area is 143 Å². The van der Waals surface area contributed by atoms with E-state index in [9.17, 15) is 9.59 Å². The maximum atomic E-state index is 12.4. The molecule has 0 bridgehead atoms. The van der Waals surface area contributed by atoms with E-state index in [4.69, 9.17) is 0 Å². The third-order valence-electron chi connectivity index (χ3n) is 3.44. The van der Waals surface area contributed by atoms with Gasteiger partial charge in [0.2, 0.25) is 11.7 Å². The lowest BCUT2D eigenvalue weighted by Gasteiger charge is -2.20. The molecular formula is C16H19N5O2S. The van der Waals surface area contributed by atoms with E-state index < -0.39 is 0 Å². The molecular weight excluding hydrogens is 326 g/mol. The van der Waals surface area contributed by atoms with Crippen LogP contribution in [0.15, 0.2) is 34.2 Å². The van der Waals surface area contributed by atoms with Crippen molar-refractivity contribution in [2.45, 2.75) is 31.5 Å². The van der Waals surface area contributed by atoms with Crippen LogP contribution >= 0.6 is 11.8 Å². The second kappa shape index (κ2) is 5.94. The smallest absolute Gasteiger partial charge is 0.262 e. The zero-order chi connectivity index (χ0) is 17.5. The third-order valence-corrected chi connectivity index (χ3v) is 4.37. The van der Waals surface area contributed by atoms with Crippen LogP contribution in [0.25, 0.3) is 16.7 Å². The minimum absolute atomic E-state index is 0.0709. The molecule has 24 heavy (non-hydrogen) atoms. The van der Waals surface area contributed by atoms with E-state index in [1.165, 1.54) is 16.3 Å². The molecule has 1 amide bonds. The van der Waals surface area contributed by atoms with Gasteiger partial charge in [-0.15, -0.1) is 10.2 Å². The number of aromatic nitrogens is 4. The fraction of sp³-hybridized carbons (Fsp3) is 0.375. The molecule has 0 radical (unpaired) electrons. The molecule has 0 saturated carbocycles. The van der Waals surface area contributed by atoms with Crippen molar-refractivity contribution >= 4 is 34.3 Å². The lowest BCUT2D eigenvalue weighted by molar-refractivity contribution is -0.119. The summed E-state index contributed by atoms with van der Waals surface area (Å²) in [4.78, 5) is 24.4. The Hall–Kier alpha value is -2.35. The van der Waals surface area contributed by atoms with Crippen molar-refractivity contribution in [2.24, 2.45) is 7.05 Å². The molecule has 0 atom stereocenters. The van der Waals surface area contributed by atoms with E-state index in [0.717, 1.165) is 5.52 Å². The number of nitrogens with zero attached hydrogens (tertiary/aromatic N) is 4. The molecule has 0 aliphatic heterocycles. The zero-order valence-corrected chi connectivity index (χ0v) is 14.8. The second-order valence-electron chi connectivity index (χ2n) is 6.59. The minimum atomic E-state index is -0.277. The van der Waals surface area contributed by atoms with Gasteiger partial charge in [0, 0.05) is 12.6 Å². The number of rotatable bonds is 3. The molecule has 0 aliphatic rings. The SMILES string of the molecule is Cn1c(=O)c2ccccc2n2c(SCC(=O)NC(C)(C)C)nnc12. The van der Waals surface area contributed by atoms with Crippen molar-refractivity contribution < 1.29 is 4.79 Å². The number of amides is 1. The predicted molar refractivity (Wildman–Crippen MR) is 94.4 cm³/mol. The van der Waals surface area contributed by atoms with E-state index in [1.54, 1.807) is 13.1 Å². The van der Waals surface area contributed by atoms with E-state index in [-0.39, 0.29) is 22.8 Å². The first-order valence-electron chi connectivity index (χ1n) is 7.54. The maximum absolute atomic E-state index is 12.4. The Bertz CT molecular complexity index is 984. The Morgan fingerprint density at radius 1 is 1.25 bits per heavy atom. The summed E-state index contributed by atoms with van der Waals surface area (Å²) < 4.78 is 3.28. The summed E-state index contributed by atoms with van der Waals surface area (Å²) in [5, 5.41) is 12.3. The van der Waals surface area contributed by atoms with Gasteiger partial charge in [0.15, 0.2) is 5.16 Å². The lowest BCUT2D eigenvalue weighted by Crippen LogP contribution is -2.41. The number of thioether (sulfide) groups is 1. The summed E-state index contributed by atoms with van der Waals surface area (Å²) in [6.45, 7) is 5.81. The van der Waals surface area contributed by atoms with Crippen LogP contribution < -0.4 is 10.9 Å². The van der Waals surface area contributed by atoms with Crippen molar-refractivity contribution in [3.63, 3.8) is 0 Å². The van der Waals surface area contributed by atoms with Gasteiger partial charge in [-0.3, -0.25) is 18.6 Å². The average Bonchev–Trinajstić information content (AvgIpc) is 2.93. The van der Waals surface area contributed by atoms with Crippen molar-refractivity contribution in [1.29, 1.82) is 0 Å². The highest BCUT2D eigenvalue weighted by Crippen LogP contribution is 2.21. The topological polar surface area (TPSA) is 81.3 Å². The lowest BCUT2D eigenvalue weighted by atomic mass is 10.1. The molecule has 8 heteroatoms. The first-order valence-corrected chi connectivity index (χ1v) is 8.53. The first kappa shape index (κ1) is 16.5. The van der Waals surface area contributed by atoms with Gasteiger partial charge in [0.1, 0.15) is 0 Å². The second-order valence-corrected chi connectivity index (χ2v) is 7.53. The summed E-state index contributed by atoms with van der Waals surface area (Å²) in [7, 11) is 1.67. The summed E-state index contributed by atoms with van der Waals surface area (Å²) in [5.74, 6) is 0.616. The van der Waals surface area contributed by atoms with Crippen LogP contribution in [-0.4, -0.2) is 36.4 Å². The van der Waals surface area contributed by atoms with Gasteiger partial charge in [0.05, 0.1) is 16.7 Å². The molecule has 7 nitrogen and oxygen atoms in total. The fourth-order valence-electron chi connectivity index (χ4n) is 2.49.